The number of nitrogens with one attached hydrogen (secondary N) is 1. The lowest BCUT2D eigenvalue weighted by molar-refractivity contribution is -0.683. The Morgan fingerprint density at radius 3 is 2.35 bits per heavy atom. The molecule has 1 N–H and O–H groups in total. The summed E-state index contributed by atoms with van der Waals surface area (Å²) in [4.78, 5) is 14.6. The first kappa shape index (κ1) is 21.4. The van der Waals surface area contributed by atoms with Gasteiger partial charge in [0, 0.05) is 6.92 Å². The van der Waals surface area contributed by atoms with Crippen LogP contribution < -0.4 is 4.57 Å². The molecule has 1 unspecified atom stereocenters. The van der Waals surface area contributed by atoms with E-state index < -0.39 is 7.25 Å². The molecule has 23 heavy (non-hydrogen) atoms. The average Bonchev–Trinajstić information content (AvgIpc) is 2.73. The zero-order valence-corrected chi connectivity index (χ0v) is 13.7. The van der Waals surface area contributed by atoms with Crippen LogP contribution in [0, 0.1) is 6.92 Å². The molecule has 10 heteroatoms. The van der Waals surface area contributed by atoms with E-state index in [2.05, 4.69) is 11.9 Å². The van der Waals surface area contributed by atoms with Crippen LogP contribution >= 0.6 is 0 Å². The maximum Gasteiger partial charge on any atom is 0.673 e. The molecule has 0 aliphatic carbocycles. The number of H-pyrrole nitrogens is 1. The van der Waals surface area contributed by atoms with Crippen LogP contribution in [0.4, 0.5) is 17.3 Å². The summed E-state index contributed by atoms with van der Waals surface area (Å²) >= 11 is 0. The van der Waals surface area contributed by atoms with Gasteiger partial charge in [-0.2, -0.15) is 0 Å². The molecule has 134 valence electrons. The zero-order valence-electron chi connectivity index (χ0n) is 13.7. The Morgan fingerprint density at radius 1 is 1.35 bits per heavy atom. The molecule has 0 aliphatic heterocycles. The topological polar surface area (TPSA) is 55.2 Å². The fourth-order valence-electron chi connectivity index (χ4n) is 1.49. The molecule has 0 fully saturated rings. The molecule has 0 saturated heterocycles. The van der Waals surface area contributed by atoms with E-state index in [9.17, 15) is 22.1 Å². The summed E-state index contributed by atoms with van der Waals surface area (Å²) in [5.74, 6) is 0.787. The lowest BCUT2D eigenvalue weighted by atomic mass is 10.3. The number of carbonyl (C=O) groups excluding carboxylic acids is 1. The van der Waals surface area contributed by atoms with Gasteiger partial charge in [-0.3, -0.25) is 4.79 Å². The highest BCUT2D eigenvalue weighted by Crippen LogP contribution is 2.06. The van der Waals surface area contributed by atoms with Crippen molar-refractivity contribution in [3.63, 3.8) is 0 Å². The molecule has 1 aromatic rings. The van der Waals surface area contributed by atoms with Gasteiger partial charge < -0.3 is 26.7 Å². The maximum absolute atomic E-state index is 11.6. The molecule has 0 spiro atoms. The molecule has 1 atom stereocenters. The average molecular weight is 342 g/mol. The summed E-state index contributed by atoms with van der Waals surface area (Å²) in [6.07, 6.45) is 3.29. The summed E-state index contributed by atoms with van der Waals surface area (Å²) in [6.45, 7) is 6.79. The molecule has 0 amide bonds. The van der Waals surface area contributed by atoms with Crippen LogP contribution in [-0.4, -0.2) is 37.5 Å². The third-order valence-corrected chi connectivity index (χ3v) is 3.03. The number of aromatic amines is 1. The molecule has 5 nitrogen and oxygen atoms in total. The Balaban J connectivity index is 0.000000841. The van der Waals surface area contributed by atoms with Crippen LogP contribution in [0.1, 0.15) is 31.8 Å². The number of aryl methyl sites for hydroxylation is 1. The normalized spacial score (nSPS) is 12.3. The highest BCUT2D eigenvalue weighted by atomic mass is 19.5. The molecular formula is C13H23BF4N2O3. The van der Waals surface area contributed by atoms with Crippen LogP contribution in [0.2, 0.25) is 0 Å². The van der Waals surface area contributed by atoms with Gasteiger partial charge in [-0.05, 0) is 13.3 Å². The van der Waals surface area contributed by atoms with E-state index in [0.717, 1.165) is 17.9 Å². The van der Waals surface area contributed by atoms with Crippen molar-refractivity contribution < 1.29 is 36.1 Å². The predicted octanol–water partition coefficient (Wildman–Crippen LogP) is 2.35. The van der Waals surface area contributed by atoms with Gasteiger partial charge in [0.15, 0.2) is 5.69 Å². The first-order valence-corrected chi connectivity index (χ1v) is 7.22. The molecule has 1 heterocycles. The second-order valence-corrected chi connectivity index (χ2v) is 4.91. The van der Waals surface area contributed by atoms with Crippen LogP contribution in [0.3, 0.4) is 0 Å². The molecular weight excluding hydrogens is 319 g/mol. The largest absolute Gasteiger partial charge is 0.673 e. The third kappa shape index (κ3) is 11.6. The van der Waals surface area contributed by atoms with Crippen molar-refractivity contribution in [2.45, 2.75) is 39.7 Å². The maximum atomic E-state index is 11.6. The van der Waals surface area contributed by atoms with E-state index in [1.807, 2.05) is 31.7 Å². The predicted molar refractivity (Wildman–Crippen MR) is 77.3 cm³/mol. The second-order valence-electron chi connectivity index (χ2n) is 4.91. The van der Waals surface area contributed by atoms with Gasteiger partial charge in [-0.25, -0.2) is 9.55 Å². The lowest BCUT2D eigenvalue weighted by Gasteiger charge is -2.10. The van der Waals surface area contributed by atoms with Gasteiger partial charge in [-0.15, -0.1) is 0 Å². The molecule has 0 aromatic carbocycles. The number of ether oxygens (including phenoxy) is 2. The number of imidazole rings is 1. The molecule has 0 radical (unpaired) electrons. The molecule has 0 aliphatic rings. The van der Waals surface area contributed by atoms with Crippen molar-refractivity contribution in [1.82, 2.24) is 4.98 Å². The number of halogens is 4. The van der Waals surface area contributed by atoms with Crippen LogP contribution in [0.5, 0.6) is 0 Å². The van der Waals surface area contributed by atoms with Crippen molar-refractivity contribution in [3.05, 3.63) is 17.7 Å². The standard InChI is InChI=1S/C13H22N2O3.BF4/c1-5-10(2)17-6-7-18-13(16)8-12-9-14-11(3)15(12)4;2-1(3,4)5/h9-10H,5-8H2,1-4H3;/q;-1/p+1. The number of aromatic nitrogens is 2. The Bertz CT molecular complexity index is 474. The molecule has 1 aromatic heterocycles. The summed E-state index contributed by atoms with van der Waals surface area (Å²) < 4.78 is 51.5. The fourth-order valence-corrected chi connectivity index (χ4v) is 1.49. The van der Waals surface area contributed by atoms with Crippen molar-refractivity contribution in [2.75, 3.05) is 13.2 Å². The Morgan fingerprint density at radius 2 is 1.91 bits per heavy atom. The Labute approximate surface area is 133 Å². The number of carbonyl (C=O) groups is 1. The second kappa shape index (κ2) is 10.2. The number of nitrogens with zero attached hydrogens (tertiary/aromatic N) is 1. The summed E-state index contributed by atoms with van der Waals surface area (Å²) in [7, 11) is -4.08. The third-order valence-electron chi connectivity index (χ3n) is 3.03. The Kier molecular flexibility index (Phi) is 9.55. The summed E-state index contributed by atoms with van der Waals surface area (Å²) in [5, 5.41) is 0. The van der Waals surface area contributed by atoms with Crippen molar-refractivity contribution >= 4 is 13.2 Å². The molecule has 1 rings (SSSR count). The zero-order chi connectivity index (χ0) is 18.0. The van der Waals surface area contributed by atoms with Crippen LogP contribution in [-0.2, 0) is 27.7 Å². The van der Waals surface area contributed by atoms with E-state index in [1.54, 1.807) is 0 Å². The highest BCUT2D eigenvalue weighted by molar-refractivity contribution is 6.50. The quantitative estimate of drug-likeness (QED) is 0.272. The van der Waals surface area contributed by atoms with E-state index in [-0.39, 0.29) is 18.5 Å². The molecule has 0 saturated carbocycles. The van der Waals surface area contributed by atoms with E-state index in [4.69, 9.17) is 9.47 Å². The number of esters is 1. The number of rotatable bonds is 7. The minimum absolute atomic E-state index is 0.217. The van der Waals surface area contributed by atoms with Gasteiger partial charge >= 0.3 is 13.2 Å². The lowest BCUT2D eigenvalue weighted by Crippen LogP contribution is -2.35. The first-order chi connectivity index (χ1) is 10.5. The van der Waals surface area contributed by atoms with E-state index >= 15 is 0 Å². The summed E-state index contributed by atoms with van der Waals surface area (Å²) in [6, 6.07) is 0. The number of hydrogen-bond donors (Lipinski definition) is 1. The SMILES string of the molecule is CCC(C)OCCOC(=O)Cc1c[nH]c(C)[n+]1C.F[B-](F)(F)F. The van der Waals surface area contributed by atoms with E-state index in [0.29, 0.717) is 13.2 Å². The van der Waals surface area contributed by atoms with Crippen LogP contribution in [0.15, 0.2) is 6.20 Å². The van der Waals surface area contributed by atoms with E-state index in [1.165, 1.54) is 0 Å². The fraction of sp³-hybridized carbons (Fsp3) is 0.692. The molecule has 0 bridgehead atoms. The van der Waals surface area contributed by atoms with Crippen molar-refractivity contribution in [3.8, 4) is 0 Å². The van der Waals surface area contributed by atoms with Gasteiger partial charge in [0.2, 0.25) is 0 Å². The van der Waals surface area contributed by atoms with Crippen molar-refractivity contribution in [1.29, 1.82) is 0 Å². The smallest absolute Gasteiger partial charge is 0.463 e. The summed E-state index contributed by atoms with van der Waals surface area (Å²) in [5.41, 5.74) is 0.917. The minimum atomic E-state index is -6.00. The highest BCUT2D eigenvalue weighted by Gasteiger charge is 2.20. The first-order valence-electron chi connectivity index (χ1n) is 7.22. The monoisotopic (exact) mass is 342 g/mol. The number of hydrogen-bond acceptors (Lipinski definition) is 3. The van der Waals surface area contributed by atoms with Crippen LogP contribution in [0.25, 0.3) is 0 Å². The van der Waals surface area contributed by atoms with Gasteiger partial charge in [0.1, 0.15) is 19.2 Å². The Hall–Kier alpha value is -1.58. The van der Waals surface area contributed by atoms with Gasteiger partial charge in [-0.1, -0.05) is 6.92 Å². The van der Waals surface area contributed by atoms with Crippen molar-refractivity contribution in [2.24, 2.45) is 7.05 Å². The van der Waals surface area contributed by atoms with Gasteiger partial charge in [0.25, 0.3) is 5.82 Å². The minimum Gasteiger partial charge on any atom is -0.463 e. The van der Waals surface area contributed by atoms with Gasteiger partial charge in [0.05, 0.1) is 19.8 Å².